The Hall–Kier alpha value is -1.76. The van der Waals surface area contributed by atoms with Crippen LogP contribution in [0.4, 0.5) is 11.6 Å². The molecule has 1 rings (SSSR count). The van der Waals surface area contributed by atoms with E-state index in [1.165, 1.54) is 6.07 Å². The van der Waals surface area contributed by atoms with Crippen molar-refractivity contribution in [1.82, 2.24) is 0 Å². The normalized spacial score (nSPS) is 9.09. The van der Waals surface area contributed by atoms with Gasteiger partial charge in [0.15, 0.2) is 11.3 Å². The topological polar surface area (TPSA) is 60.6 Å². The first kappa shape index (κ1) is 7.35. The lowest BCUT2D eigenvalue weighted by atomic mass is 10.3. The summed E-state index contributed by atoms with van der Waals surface area (Å²) in [6.45, 7) is 8.18. The number of nitrogens with two attached hydrogens (primary N) is 1. The van der Waals surface area contributed by atoms with Crippen LogP contribution in [-0.2, 0) is 0 Å². The summed E-state index contributed by atoms with van der Waals surface area (Å²) in [5.74, 6) is 0.310. The molecule has 0 amide bonds. The van der Waals surface area contributed by atoms with Crippen molar-refractivity contribution in [1.29, 1.82) is 0 Å². The minimum absolute atomic E-state index is 0.106. The van der Waals surface area contributed by atoms with Gasteiger partial charge in [-0.3, -0.25) is 0 Å². The third-order valence-electron chi connectivity index (χ3n) is 1.18. The van der Waals surface area contributed by atoms with Gasteiger partial charge in [-0.1, -0.05) is 0 Å². The number of nitrogens with zero attached hydrogens (tertiary/aromatic N) is 1. The summed E-state index contributed by atoms with van der Waals surface area (Å²) in [5.41, 5.74) is 4.72. The number of aryl methyl sites for hydroxylation is 1. The first-order valence-electron chi connectivity index (χ1n) is 2.93. The molecule has 0 aromatic carbocycles. The molecule has 0 spiro atoms. The molecule has 4 heteroatoms. The Kier molecular flexibility index (Phi) is 1.65. The summed E-state index contributed by atoms with van der Waals surface area (Å²) in [4.78, 5) is 13.9. The van der Waals surface area contributed by atoms with E-state index in [9.17, 15) is 4.79 Å². The van der Waals surface area contributed by atoms with Gasteiger partial charge in [-0.15, -0.1) is 0 Å². The Balaban J connectivity index is 3.53. The van der Waals surface area contributed by atoms with Crippen molar-refractivity contribution < 1.29 is 4.42 Å². The quantitative estimate of drug-likeness (QED) is 0.563. The van der Waals surface area contributed by atoms with Crippen LogP contribution in [0.1, 0.15) is 5.76 Å². The Morgan fingerprint density at radius 1 is 1.73 bits per heavy atom. The fourth-order valence-corrected chi connectivity index (χ4v) is 0.736. The molecule has 4 nitrogen and oxygen atoms in total. The number of rotatable bonds is 0. The SMILES string of the molecule is [C-]#[N+]c1c(N)oc(C)cc1=O. The van der Waals surface area contributed by atoms with E-state index in [1.807, 2.05) is 0 Å². The summed E-state index contributed by atoms with van der Waals surface area (Å²) < 4.78 is 4.84. The summed E-state index contributed by atoms with van der Waals surface area (Å²) in [6.07, 6.45) is 0. The number of anilines is 1. The van der Waals surface area contributed by atoms with Gasteiger partial charge in [0.2, 0.25) is 0 Å². The molecule has 0 aliphatic carbocycles. The van der Waals surface area contributed by atoms with Gasteiger partial charge >= 0.3 is 0 Å². The average molecular weight is 150 g/mol. The van der Waals surface area contributed by atoms with Crippen molar-refractivity contribution in [2.45, 2.75) is 6.92 Å². The van der Waals surface area contributed by atoms with Crippen molar-refractivity contribution in [2.75, 3.05) is 5.73 Å². The second kappa shape index (κ2) is 2.46. The number of hydrogen-bond donors (Lipinski definition) is 1. The van der Waals surface area contributed by atoms with Crippen molar-refractivity contribution in [3.05, 3.63) is 33.5 Å². The highest BCUT2D eigenvalue weighted by Gasteiger charge is 2.05. The zero-order chi connectivity index (χ0) is 8.43. The van der Waals surface area contributed by atoms with Crippen LogP contribution in [0.3, 0.4) is 0 Å². The van der Waals surface area contributed by atoms with E-state index in [4.69, 9.17) is 16.7 Å². The van der Waals surface area contributed by atoms with E-state index in [2.05, 4.69) is 4.85 Å². The fraction of sp³-hybridized carbons (Fsp3) is 0.143. The van der Waals surface area contributed by atoms with Gasteiger partial charge in [0.05, 0.1) is 6.57 Å². The minimum atomic E-state index is -0.388. The molecule has 0 saturated heterocycles. The number of hydrogen-bond acceptors (Lipinski definition) is 3. The highest BCUT2D eigenvalue weighted by atomic mass is 16.3. The first-order chi connectivity index (χ1) is 5.15. The van der Waals surface area contributed by atoms with Gasteiger partial charge in [-0.05, 0) is 6.92 Å². The van der Waals surface area contributed by atoms with E-state index in [-0.39, 0.29) is 17.0 Å². The predicted octanol–water partition coefficient (Wildman–Crippen LogP) is 1.08. The van der Waals surface area contributed by atoms with E-state index in [0.717, 1.165) is 0 Å². The Bertz CT molecular complexity index is 373. The third kappa shape index (κ3) is 1.22. The molecule has 0 saturated carbocycles. The molecule has 0 unspecified atom stereocenters. The summed E-state index contributed by atoms with van der Waals surface area (Å²) in [6, 6.07) is 1.24. The van der Waals surface area contributed by atoms with Gasteiger partial charge in [0.25, 0.3) is 5.69 Å². The monoisotopic (exact) mass is 150 g/mol. The summed E-state index contributed by atoms with van der Waals surface area (Å²) >= 11 is 0. The summed E-state index contributed by atoms with van der Waals surface area (Å²) in [5, 5.41) is 0. The third-order valence-corrected chi connectivity index (χ3v) is 1.18. The molecule has 0 aliphatic rings. The lowest BCUT2D eigenvalue weighted by molar-refractivity contribution is 0.537. The summed E-state index contributed by atoms with van der Waals surface area (Å²) in [7, 11) is 0. The maximum Gasteiger partial charge on any atom is 0.291 e. The minimum Gasteiger partial charge on any atom is -0.456 e. The zero-order valence-corrected chi connectivity index (χ0v) is 5.92. The largest absolute Gasteiger partial charge is 0.456 e. The van der Waals surface area contributed by atoms with E-state index in [1.54, 1.807) is 6.92 Å². The van der Waals surface area contributed by atoms with Crippen LogP contribution in [0.25, 0.3) is 4.85 Å². The van der Waals surface area contributed by atoms with Gasteiger partial charge in [-0.2, -0.15) is 0 Å². The van der Waals surface area contributed by atoms with E-state index in [0.29, 0.717) is 5.76 Å². The van der Waals surface area contributed by atoms with E-state index < -0.39 is 0 Å². The van der Waals surface area contributed by atoms with Crippen LogP contribution in [0, 0.1) is 13.5 Å². The molecule has 0 atom stereocenters. The molecule has 11 heavy (non-hydrogen) atoms. The lowest BCUT2D eigenvalue weighted by Crippen LogP contribution is -2.01. The van der Waals surface area contributed by atoms with Gasteiger partial charge in [0.1, 0.15) is 5.76 Å². The molecule has 0 aliphatic heterocycles. The Labute approximate surface area is 63.1 Å². The molecule has 0 radical (unpaired) electrons. The molecule has 1 heterocycles. The Morgan fingerprint density at radius 3 is 2.82 bits per heavy atom. The van der Waals surface area contributed by atoms with Gasteiger partial charge < -0.3 is 14.9 Å². The maximum absolute atomic E-state index is 10.9. The van der Waals surface area contributed by atoms with Crippen LogP contribution in [0.5, 0.6) is 0 Å². The standard InChI is InChI=1S/C7H6N2O2/c1-4-3-5(10)6(9-2)7(8)11-4/h3H,8H2,1H3. The van der Waals surface area contributed by atoms with Crippen molar-refractivity contribution in [2.24, 2.45) is 0 Å². The Morgan fingerprint density at radius 2 is 2.36 bits per heavy atom. The second-order valence-electron chi connectivity index (χ2n) is 2.05. The molecular weight excluding hydrogens is 144 g/mol. The average Bonchev–Trinajstić information content (AvgIpc) is 1.85. The lowest BCUT2D eigenvalue weighted by Gasteiger charge is -1.95. The van der Waals surface area contributed by atoms with Crippen molar-refractivity contribution in [3.63, 3.8) is 0 Å². The molecule has 0 fully saturated rings. The molecule has 1 aromatic heterocycles. The smallest absolute Gasteiger partial charge is 0.291 e. The first-order valence-corrected chi connectivity index (χ1v) is 2.93. The molecule has 0 bridgehead atoms. The molecule has 1 aromatic rings. The van der Waals surface area contributed by atoms with Crippen LogP contribution < -0.4 is 11.2 Å². The van der Waals surface area contributed by atoms with Crippen LogP contribution in [0.2, 0.25) is 0 Å². The van der Waals surface area contributed by atoms with Crippen LogP contribution >= 0.6 is 0 Å². The van der Waals surface area contributed by atoms with E-state index >= 15 is 0 Å². The van der Waals surface area contributed by atoms with Crippen molar-refractivity contribution in [3.8, 4) is 0 Å². The zero-order valence-electron chi connectivity index (χ0n) is 5.92. The van der Waals surface area contributed by atoms with Crippen molar-refractivity contribution >= 4 is 11.6 Å². The molecule has 2 N–H and O–H groups in total. The predicted molar refractivity (Wildman–Crippen MR) is 40.4 cm³/mol. The molecular formula is C7H6N2O2. The van der Waals surface area contributed by atoms with Crippen LogP contribution in [0.15, 0.2) is 15.3 Å². The highest BCUT2D eigenvalue weighted by molar-refractivity contribution is 5.59. The highest BCUT2D eigenvalue weighted by Crippen LogP contribution is 2.16. The molecule has 56 valence electrons. The van der Waals surface area contributed by atoms with Gasteiger partial charge in [-0.25, -0.2) is 4.85 Å². The van der Waals surface area contributed by atoms with Crippen LogP contribution in [-0.4, -0.2) is 0 Å². The fourth-order valence-electron chi connectivity index (χ4n) is 0.736. The maximum atomic E-state index is 10.9. The van der Waals surface area contributed by atoms with Gasteiger partial charge in [0, 0.05) is 6.07 Å². The second-order valence-corrected chi connectivity index (χ2v) is 2.05. The number of nitrogen functional groups attached to an aromatic ring is 1.